The van der Waals surface area contributed by atoms with Gasteiger partial charge in [0, 0.05) is 23.7 Å². The Morgan fingerprint density at radius 2 is 2.13 bits per heavy atom. The number of hydrogen-bond acceptors (Lipinski definition) is 4. The minimum absolute atomic E-state index is 0.159. The van der Waals surface area contributed by atoms with Crippen LogP contribution in [0, 0.1) is 0 Å². The Hall–Kier alpha value is -1.23. The molecule has 78 valence electrons. The first-order valence-corrected chi connectivity index (χ1v) is 5.66. The van der Waals surface area contributed by atoms with E-state index in [4.69, 9.17) is 5.84 Å². The standard InChI is InChI=1S/C11H13N3S/c12-14-11(8-10-2-1-7-15-10)9-3-5-13-6-4-9/h1-7,11,14H,8,12H2. The Morgan fingerprint density at radius 3 is 2.73 bits per heavy atom. The van der Waals surface area contributed by atoms with Gasteiger partial charge < -0.3 is 0 Å². The number of pyridine rings is 1. The van der Waals surface area contributed by atoms with Crippen molar-refractivity contribution < 1.29 is 0 Å². The van der Waals surface area contributed by atoms with Gasteiger partial charge in [-0.25, -0.2) is 0 Å². The van der Waals surface area contributed by atoms with Crippen LogP contribution in [0.15, 0.2) is 42.0 Å². The normalized spacial score (nSPS) is 12.6. The Balaban J connectivity index is 2.12. The lowest BCUT2D eigenvalue weighted by Gasteiger charge is -2.14. The number of aromatic nitrogens is 1. The molecule has 1 unspecified atom stereocenters. The van der Waals surface area contributed by atoms with Crippen LogP contribution in [0.5, 0.6) is 0 Å². The Morgan fingerprint density at radius 1 is 1.33 bits per heavy atom. The molecule has 0 aliphatic carbocycles. The van der Waals surface area contributed by atoms with Crippen LogP contribution in [0.1, 0.15) is 16.5 Å². The highest BCUT2D eigenvalue weighted by Gasteiger charge is 2.10. The Bertz CT molecular complexity index is 385. The first-order valence-electron chi connectivity index (χ1n) is 4.78. The van der Waals surface area contributed by atoms with Crippen LogP contribution < -0.4 is 11.3 Å². The third-order valence-electron chi connectivity index (χ3n) is 2.30. The van der Waals surface area contributed by atoms with Crippen LogP contribution in [0.4, 0.5) is 0 Å². The van der Waals surface area contributed by atoms with Gasteiger partial charge in [0.05, 0.1) is 6.04 Å². The lowest BCUT2D eigenvalue weighted by atomic mass is 10.1. The molecule has 0 bridgehead atoms. The van der Waals surface area contributed by atoms with Gasteiger partial charge >= 0.3 is 0 Å². The zero-order chi connectivity index (χ0) is 10.5. The van der Waals surface area contributed by atoms with Crippen molar-refractivity contribution in [2.45, 2.75) is 12.5 Å². The van der Waals surface area contributed by atoms with Gasteiger partial charge in [0.2, 0.25) is 0 Å². The van der Waals surface area contributed by atoms with E-state index < -0.39 is 0 Å². The van der Waals surface area contributed by atoms with Crippen molar-refractivity contribution in [3.63, 3.8) is 0 Å². The second-order valence-corrected chi connectivity index (χ2v) is 4.32. The molecule has 0 fully saturated rings. The summed E-state index contributed by atoms with van der Waals surface area (Å²) in [4.78, 5) is 5.32. The highest BCUT2D eigenvalue weighted by molar-refractivity contribution is 7.09. The number of thiophene rings is 1. The lowest BCUT2D eigenvalue weighted by Crippen LogP contribution is -2.29. The smallest absolute Gasteiger partial charge is 0.0509 e. The SMILES string of the molecule is NNC(Cc1cccs1)c1ccncc1. The van der Waals surface area contributed by atoms with E-state index in [-0.39, 0.29) is 6.04 Å². The fourth-order valence-corrected chi connectivity index (χ4v) is 2.25. The maximum absolute atomic E-state index is 5.56. The van der Waals surface area contributed by atoms with Crippen molar-refractivity contribution in [2.75, 3.05) is 0 Å². The molecule has 2 heterocycles. The van der Waals surface area contributed by atoms with E-state index in [0.29, 0.717) is 0 Å². The van der Waals surface area contributed by atoms with E-state index in [1.54, 1.807) is 23.7 Å². The molecule has 3 nitrogen and oxygen atoms in total. The highest BCUT2D eigenvalue weighted by atomic mass is 32.1. The molecule has 15 heavy (non-hydrogen) atoms. The zero-order valence-corrected chi connectivity index (χ0v) is 9.08. The van der Waals surface area contributed by atoms with Crippen LogP contribution in [0.2, 0.25) is 0 Å². The second kappa shape index (κ2) is 5.02. The van der Waals surface area contributed by atoms with Crippen LogP contribution in [-0.4, -0.2) is 4.98 Å². The number of rotatable bonds is 4. The Kier molecular flexibility index (Phi) is 3.45. The topological polar surface area (TPSA) is 50.9 Å². The van der Waals surface area contributed by atoms with Gasteiger partial charge in [-0.05, 0) is 29.1 Å². The van der Waals surface area contributed by atoms with E-state index in [2.05, 4.69) is 27.9 Å². The summed E-state index contributed by atoms with van der Waals surface area (Å²) in [6, 6.07) is 8.30. The molecule has 0 aliphatic heterocycles. The molecule has 0 aliphatic rings. The summed E-state index contributed by atoms with van der Waals surface area (Å²) in [5.74, 6) is 5.56. The third kappa shape index (κ3) is 2.62. The van der Waals surface area contributed by atoms with E-state index >= 15 is 0 Å². The van der Waals surface area contributed by atoms with E-state index in [1.807, 2.05) is 12.1 Å². The van der Waals surface area contributed by atoms with E-state index in [9.17, 15) is 0 Å². The molecular weight excluding hydrogens is 206 g/mol. The van der Waals surface area contributed by atoms with Crippen LogP contribution in [-0.2, 0) is 6.42 Å². The van der Waals surface area contributed by atoms with Gasteiger partial charge in [-0.3, -0.25) is 16.3 Å². The number of hydrazine groups is 1. The molecule has 2 aromatic rings. The largest absolute Gasteiger partial charge is 0.271 e. The molecule has 2 aromatic heterocycles. The summed E-state index contributed by atoms with van der Waals surface area (Å²) in [6.07, 6.45) is 4.49. The molecule has 0 radical (unpaired) electrons. The molecule has 0 amide bonds. The summed E-state index contributed by atoms with van der Waals surface area (Å²) in [7, 11) is 0. The molecular formula is C11H13N3S. The highest BCUT2D eigenvalue weighted by Crippen LogP contribution is 2.19. The van der Waals surface area contributed by atoms with Crippen molar-refractivity contribution in [3.05, 3.63) is 52.5 Å². The summed E-state index contributed by atoms with van der Waals surface area (Å²) < 4.78 is 0. The summed E-state index contributed by atoms with van der Waals surface area (Å²) in [6.45, 7) is 0. The molecule has 2 rings (SSSR count). The van der Waals surface area contributed by atoms with Crippen molar-refractivity contribution in [3.8, 4) is 0 Å². The van der Waals surface area contributed by atoms with Crippen LogP contribution in [0.3, 0.4) is 0 Å². The monoisotopic (exact) mass is 219 g/mol. The quantitative estimate of drug-likeness (QED) is 0.610. The Labute approximate surface area is 92.9 Å². The fourth-order valence-electron chi connectivity index (χ4n) is 1.50. The molecule has 0 saturated carbocycles. The third-order valence-corrected chi connectivity index (χ3v) is 3.19. The van der Waals surface area contributed by atoms with Gasteiger partial charge in [0.15, 0.2) is 0 Å². The maximum atomic E-state index is 5.56. The van der Waals surface area contributed by atoms with Crippen molar-refractivity contribution in [1.29, 1.82) is 0 Å². The average molecular weight is 219 g/mol. The van der Waals surface area contributed by atoms with Crippen molar-refractivity contribution in [1.82, 2.24) is 10.4 Å². The number of hydrogen-bond donors (Lipinski definition) is 2. The molecule has 4 heteroatoms. The minimum atomic E-state index is 0.159. The van der Waals surface area contributed by atoms with E-state index in [0.717, 1.165) is 6.42 Å². The average Bonchev–Trinajstić information content (AvgIpc) is 2.80. The molecule has 0 spiro atoms. The molecule has 0 saturated heterocycles. The number of nitrogens with two attached hydrogens (primary N) is 1. The minimum Gasteiger partial charge on any atom is -0.271 e. The maximum Gasteiger partial charge on any atom is 0.0509 e. The first kappa shape index (κ1) is 10.3. The van der Waals surface area contributed by atoms with Gasteiger partial charge in [-0.2, -0.15) is 0 Å². The first-order chi connectivity index (χ1) is 7.40. The summed E-state index contributed by atoms with van der Waals surface area (Å²) in [5, 5.41) is 2.08. The van der Waals surface area contributed by atoms with Crippen molar-refractivity contribution in [2.24, 2.45) is 5.84 Å². The van der Waals surface area contributed by atoms with Crippen LogP contribution >= 0.6 is 11.3 Å². The predicted octanol–water partition coefficient (Wildman–Crippen LogP) is 1.89. The van der Waals surface area contributed by atoms with Gasteiger partial charge in [0.25, 0.3) is 0 Å². The summed E-state index contributed by atoms with van der Waals surface area (Å²) in [5.41, 5.74) is 4.00. The van der Waals surface area contributed by atoms with Crippen molar-refractivity contribution >= 4 is 11.3 Å². The summed E-state index contributed by atoms with van der Waals surface area (Å²) >= 11 is 1.75. The van der Waals surface area contributed by atoms with Gasteiger partial charge in [-0.15, -0.1) is 11.3 Å². The number of nitrogens with one attached hydrogen (secondary N) is 1. The number of nitrogens with zero attached hydrogens (tertiary/aromatic N) is 1. The molecule has 0 aromatic carbocycles. The van der Waals surface area contributed by atoms with Gasteiger partial charge in [0.1, 0.15) is 0 Å². The van der Waals surface area contributed by atoms with Gasteiger partial charge in [-0.1, -0.05) is 6.07 Å². The fraction of sp³-hybridized carbons (Fsp3) is 0.182. The van der Waals surface area contributed by atoms with Crippen LogP contribution in [0.25, 0.3) is 0 Å². The second-order valence-electron chi connectivity index (χ2n) is 3.28. The molecule has 3 N–H and O–H groups in total. The zero-order valence-electron chi connectivity index (χ0n) is 8.26. The van der Waals surface area contributed by atoms with E-state index in [1.165, 1.54) is 10.4 Å². The lowest BCUT2D eigenvalue weighted by molar-refractivity contribution is 0.555. The molecule has 1 atom stereocenters. The predicted molar refractivity (Wildman–Crippen MR) is 62.3 cm³/mol.